The van der Waals surface area contributed by atoms with Gasteiger partial charge in [0, 0.05) is 17.9 Å². The van der Waals surface area contributed by atoms with Gasteiger partial charge in [-0.2, -0.15) is 0 Å². The van der Waals surface area contributed by atoms with Crippen LogP contribution < -0.4 is 4.74 Å². The fourth-order valence-electron chi connectivity index (χ4n) is 4.68. The number of ether oxygens (including phenoxy) is 2. The third-order valence-electron chi connectivity index (χ3n) is 6.80. The van der Waals surface area contributed by atoms with Crippen LogP contribution in [0.15, 0.2) is 72.0 Å². The van der Waals surface area contributed by atoms with E-state index in [9.17, 15) is 4.79 Å². The molecule has 1 N–H and O–H groups in total. The average molecular weight is 527 g/mol. The number of carboxylic acids is 1. The molecular formula is C35H42O4. The van der Waals surface area contributed by atoms with E-state index in [0.717, 1.165) is 60.3 Å². The van der Waals surface area contributed by atoms with Gasteiger partial charge in [-0.3, -0.25) is 4.79 Å². The Balaban J connectivity index is 1.79. The Kier molecular flexibility index (Phi) is 12.0. The number of allylic oxidation sites excluding steroid dienone is 5. The Morgan fingerprint density at radius 3 is 2.62 bits per heavy atom. The molecule has 0 saturated carbocycles. The molecule has 1 aliphatic rings. The molecule has 0 aromatic heterocycles. The Labute approximate surface area is 234 Å². The van der Waals surface area contributed by atoms with Gasteiger partial charge in [0.1, 0.15) is 18.1 Å². The molecule has 2 aromatic rings. The largest absolute Gasteiger partial charge is 0.493 e. The third kappa shape index (κ3) is 9.21. The zero-order chi connectivity index (χ0) is 28.0. The summed E-state index contributed by atoms with van der Waals surface area (Å²) >= 11 is 0. The summed E-state index contributed by atoms with van der Waals surface area (Å²) in [6.45, 7) is 9.46. The number of aryl methyl sites for hydroxylation is 2. The fraction of sp³-hybridized carbons (Fsp3) is 0.400. The van der Waals surface area contributed by atoms with Crippen LogP contribution in [0, 0.1) is 24.7 Å². The summed E-state index contributed by atoms with van der Waals surface area (Å²) in [4.78, 5) is 11.1. The molecule has 1 unspecified atom stereocenters. The number of hydrogen-bond donors (Lipinski definition) is 1. The predicted octanol–water partition coefficient (Wildman–Crippen LogP) is 8.58. The lowest BCUT2D eigenvalue weighted by Crippen LogP contribution is -2.04. The van der Waals surface area contributed by atoms with Gasteiger partial charge in [0.15, 0.2) is 0 Å². The van der Waals surface area contributed by atoms with Gasteiger partial charge in [0.05, 0.1) is 6.61 Å². The van der Waals surface area contributed by atoms with E-state index in [0.29, 0.717) is 19.6 Å². The van der Waals surface area contributed by atoms with Crippen LogP contribution in [0.25, 0.3) is 11.1 Å². The minimum atomic E-state index is -0.798. The van der Waals surface area contributed by atoms with Gasteiger partial charge in [-0.05, 0) is 92.1 Å². The van der Waals surface area contributed by atoms with E-state index in [4.69, 9.17) is 14.6 Å². The molecule has 0 spiro atoms. The van der Waals surface area contributed by atoms with Crippen molar-refractivity contribution in [3.8, 4) is 28.7 Å². The predicted molar refractivity (Wildman–Crippen MR) is 160 cm³/mol. The van der Waals surface area contributed by atoms with Gasteiger partial charge in [0.25, 0.3) is 0 Å². The van der Waals surface area contributed by atoms with Crippen molar-refractivity contribution in [1.82, 2.24) is 0 Å². The van der Waals surface area contributed by atoms with Gasteiger partial charge in [-0.15, -0.1) is 5.92 Å². The number of benzene rings is 2. The van der Waals surface area contributed by atoms with Crippen LogP contribution in [0.4, 0.5) is 0 Å². The van der Waals surface area contributed by atoms with Gasteiger partial charge >= 0.3 is 5.97 Å². The van der Waals surface area contributed by atoms with Crippen molar-refractivity contribution in [2.24, 2.45) is 5.92 Å². The lowest BCUT2D eigenvalue weighted by molar-refractivity contribution is -0.137. The Morgan fingerprint density at radius 1 is 1.03 bits per heavy atom. The maximum atomic E-state index is 11.1. The van der Waals surface area contributed by atoms with Crippen LogP contribution in [0.5, 0.6) is 5.75 Å². The summed E-state index contributed by atoms with van der Waals surface area (Å²) in [5, 5.41) is 9.11. The lowest BCUT2D eigenvalue weighted by Gasteiger charge is -2.16. The van der Waals surface area contributed by atoms with Crippen molar-refractivity contribution in [3.63, 3.8) is 0 Å². The van der Waals surface area contributed by atoms with Crippen LogP contribution in [0.3, 0.4) is 0 Å². The first kappa shape index (κ1) is 29.8. The highest BCUT2D eigenvalue weighted by atomic mass is 16.5. The normalized spacial score (nSPS) is 13.4. The Morgan fingerprint density at radius 2 is 1.87 bits per heavy atom. The zero-order valence-electron chi connectivity index (χ0n) is 23.9. The standard InChI is InChI=1S/C35H42O4/c1-5-8-22-38-34-20-14-26(4)23-33(34)30-16-15-28(11-7-3)31(24-30)25-39-32-13-9-12-29(17-19-32)27(10-6-2)18-21-35(36)37/h12-17,19-20,23-24,27H,5,7-9,11,18,21-22,25H2,1-4H3,(H,36,37). The van der Waals surface area contributed by atoms with E-state index in [1.54, 1.807) is 6.92 Å². The number of rotatable bonds is 14. The molecular weight excluding hydrogens is 484 g/mol. The van der Waals surface area contributed by atoms with Crippen molar-refractivity contribution in [2.45, 2.75) is 79.2 Å². The van der Waals surface area contributed by atoms with Crippen LogP contribution in [0.1, 0.15) is 76.0 Å². The van der Waals surface area contributed by atoms with Crippen LogP contribution in [-0.4, -0.2) is 17.7 Å². The second-order valence-electron chi connectivity index (χ2n) is 9.98. The van der Waals surface area contributed by atoms with E-state index in [1.807, 2.05) is 12.2 Å². The van der Waals surface area contributed by atoms with E-state index in [1.165, 1.54) is 16.7 Å². The molecule has 4 nitrogen and oxygen atoms in total. The lowest BCUT2D eigenvalue weighted by atomic mass is 9.93. The van der Waals surface area contributed by atoms with Crippen LogP contribution in [0.2, 0.25) is 0 Å². The highest BCUT2D eigenvalue weighted by Gasteiger charge is 2.14. The summed E-state index contributed by atoms with van der Waals surface area (Å²) in [6, 6.07) is 13.0. The molecule has 0 aliphatic heterocycles. The zero-order valence-corrected chi connectivity index (χ0v) is 23.9. The SMILES string of the molecule is CC#CC(CCC(=O)O)C1=CCC=C(OCc2cc(-c3cc(C)ccc3OCCCC)ccc2CCC)C=C1. The molecule has 1 atom stereocenters. The van der Waals surface area contributed by atoms with Crippen molar-refractivity contribution < 1.29 is 19.4 Å². The molecule has 0 fully saturated rings. The molecule has 0 heterocycles. The molecule has 0 amide bonds. The number of carbonyl (C=O) groups is 1. The average Bonchev–Trinajstić information content (AvgIpc) is 3.17. The van der Waals surface area contributed by atoms with E-state index >= 15 is 0 Å². The van der Waals surface area contributed by atoms with Gasteiger partial charge in [-0.1, -0.05) is 68.5 Å². The minimum Gasteiger partial charge on any atom is -0.493 e. The van der Waals surface area contributed by atoms with Crippen LogP contribution >= 0.6 is 0 Å². The Hall–Kier alpha value is -3.71. The maximum Gasteiger partial charge on any atom is 0.303 e. The second kappa shape index (κ2) is 15.6. The summed E-state index contributed by atoms with van der Waals surface area (Å²) in [7, 11) is 0. The van der Waals surface area contributed by atoms with E-state index in [-0.39, 0.29) is 12.3 Å². The molecule has 1 aliphatic carbocycles. The highest BCUT2D eigenvalue weighted by Crippen LogP contribution is 2.33. The first-order valence-electron chi connectivity index (χ1n) is 14.2. The van der Waals surface area contributed by atoms with Crippen molar-refractivity contribution in [1.29, 1.82) is 0 Å². The molecule has 3 rings (SSSR count). The fourth-order valence-corrected chi connectivity index (χ4v) is 4.68. The monoisotopic (exact) mass is 526 g/mol. The van der Waals surface area contributed by atoms with Crippen LogP contribution in [-0.2, 0) is 22.6 Å². The molecule has 0 radical (unpaired) electrons. The maximum absolute atomic E-state index is 11.1. The summed E-state index contributed by atoms with van der Waals surface area (Å²) in [5.41, 5.74) is 6.98. The van der Waals surface area contributed by atoms with Crippen molar-refractivity contribution in [3.05, 3.63) is 88.7 Å². The number of unbranched alkanes of at least 4 members (excludes halogenated alkanes) is 1. The molecule has 0 bridgehead atoms. The van der Waals surface area contributed by atoms with E-state index < -0.39 is 5.97 Å². The molecule has 4 heteroatoms. The van der Waals surface area contributed by atoms with Gasteiger partial charge in [-0.25, -0.2) is 0 Å². The minimum absolute atomic E-state index is 0.0917. The molecule has 2 aromatic carbocycles. The number of hydrogen-bond acceptors (Lipinski definition) is 3. The summed E-state index contributed by atoms with van der Waals surface area (Å²) in [6.07, 6.45) is 13.7. The third-order valence-corrected chi connectivity index (χ3v) is 6.80. The van der Waals surface area contributed by atoms with Crippen molar-refractivity contribution >= 4 is 5.97 Å². The molecule has 206 valence electrons. The van der Waals surface area contributed by atoms with Crippen molar-refractivity contribution in [2.75, 3.05) is 6.61 Å². The highest BCUT2D eigenvalue weighted by molar-refractivity contribution is 5.72. The number of aliphatic carboxylic acids is 1. The van der Waals surface area contributed by atoms with E-state index in [2.05, 4.69) is 81.2 Å². The first-order chi connectivity index (χ1) is 18.9. The van der Waals surface area contributed by atoms with Gasteiger partial charge in [0.2, 0.25) is 0 Å². The summed E-state index contributed by atoms with van der Waals surface area (Å²) < 4.78 is 12.5. The number of carboxylic acid groups (broad SMARTS) is 1. The second-order valence-corrected chi connectivity index (χ2v) is 9.98. The molecule has 0 saturated heterocycles. The quantitative estimate of drug-likeness (QED) is 0.198. The molecule has 39 heavy (non-hydrogen) atoms. The smallest absolute Gasteiger partial charge is 0.303 e. The topological polar surface area (TPSA) is 55.8 Å². The Bertz CT molecular complexity index is 1270. The van der Waals surface area contributed by atoms with Gasteiger partial charge < -0.3 is 14.6 Å². The summed E-state index contributed by atoms with van der Waals surface area (Å²) in [5.74, 6) is 6.97. The first-order valence-corrected chi connectivity index (χ1v) is 14.2.